The van der Waals surface area contributed by atoms with Crippen molar-refractivity contribution in [2.24, 2.45) is 0 Å². The fourth-order valence-electron chi connectivity index (χ4n) is 3.45. The molecule has 5 atom stereocenters. The quantitative estimate of drug-likeness (QED) is 0.537. The summed E-state index contributed by atoms with van der Waals surface area (Å²) in [5.74, 6) is 0.108. The number of methoxy groups -OCH3 is 1. The Hall–Kier alpha value is -1.85. The first kappa shape index (κ1) is 20.4. The number of nitrogen functional groups attached to an aromatic ring is 1. The first-order valence-electron chi connectivity index (χ1n) is 9.25. The molecule has 4 rings (SSSR count). The fourth-order valence-corrected chi connectivity index (χ4v) is 4.95. The van der Waals surface area contributed by atoms with Crippen LogP contribution in [0.1, 0.15) is 32.9 Å². The Morgan fingerprint density at radius 2 is 2.28 bits per heavy atom. The van der Waals surface area contributed by atoms with E-state index in [1.54, 1.807) is 0 Å². The predicted molar refractivity (Wildman–Crippen MR) is 99.0 cm³/mol. The lowest BCUT2D eigenvalue weighted by Gasteiger charge is -2.33. The van der Waals surface area contributed by atoms with E-state index in [0.29, 0.717) is 11.9 Å². The second kappa shape index (κ2) is 7.44. The van der Waals surface area contributed by atoms with Gasteiger partial charge in [-0.25, -0.2) is 13.9 Å². The Bertz CT molecular complexity index is 955. The molecule has 2 aromatic heterocycles. The molecule has 0 radical (unpaired) electrons. The van der Waals surface area contributed by atoms with Gasteiger partial charge in [0.05, 0.1) is 26.7 Å². The average molecular weight is 431 g/mol. The topological polar surface area (TPSA) is 133 Å². The van der Waals surface area contributed by atoms with E-state index in [2.05, 4.69) is 15.0 Å². The number of unbranched alkanes of at least 4 members (excludes halogenated alkanes) is 1. The number of fused-ring (bicyclic) bond motifs is 2. The highest BCUT2D eigenvalue weighted by Crippen LogP contribution is 2.59. The van der Waals surface area contributed by atoms with Gasteiger partial charge in [-0.3, -0.25) is 18.1 Å². The Balaban J connectivity index is 1.64. The van der Waals surface area contributed by atoms with Gasteiger partial charge in [0.25, 0.3) is 0 Å². The monoisotopic (exact) mass is 431 g/mol. The van der Waals surface area contributed by atoms with E-state index < -0.39 is 31.9 Å². The summed E-state index contributed by atoms with van der Waals surface area (Å²) in [4.78, 5) is 12.3. The third kappa shape index (κ3) is 3.49. The Morgan fingerprint density at radius 1 is 1.48 bits per heavy atom. The van der Waals surface area contributed by atoms with Crippen molar-refractivity contribution in [3.05, 3.63) is 6.33 Å². The first-order chi connectivity index (χ1) is 13.8. The lowest BCUT2D eigenvalue weighted by atomic mass is 9.98. The van der Waals surface area contributed by atoms with Crippen LogP contribution in [0, 0.1) is 0 Å². The molecule has 0 aromatic carbocycles. The highest BCUT2D eigenvalue weighted by molar-refractivity contribution is 7.48. The second-order valence-electron chi connectivity index (χ2n) is 7.05. The van der Waals surface area contributed by atoms with Crippen molar-refractivity contribution in [3.8, 4) is 5.88 Å². The number of imidazole rings is 1. The maximum atomic E-state index is 15.9. The number of alkyl halides is 1. The number of phosphoric ester groups is 1. The number of rotatable bonds is 6. The van der Waals surface area contributed by atoms with E-state index in [0.717, 1.165) is 6.42 Å². The highest BCUT2D eigenvalue weighted by Gasteiger charge is 2.61. The molecule has 0 saturated carbocycles. The number of hydrogen-bond donors (Lipinski definition) is 1. The largest absolute Gasteiger partial charge is 0.479 e. The molecule has 4 heterocycles. The van der Waals surface area contributed by atoms with E-state index in [4.69, 9.17) is 28.8 Å². The molecule has 0 spiro atoms. The van der Waals surface area contributed by atoms with Crippen LogP contribution in [0.2, 0.25) is 0 Å². The average Bonchev–Trinajstić information content (AvgIpc) is 3.19. The molecule has 29 heavy (non-hydrogen) atoms. The van der Waals surface area contributed by atoms with E-state index in [9.17, 15) is 4.57 Å². The number of phosphoric acid groups is 1. The van der Waals surface area contributed by atoms with E-state index >= 15 is 4.39 Å². The van der Waals surface area contributed by atoms with Gasteiger partial charge in [0, 0.05) is 0 Å². The van der Waals surface area contributed by atoms with Crippen LogP contribution >= 0.6 is 7.82 Å². The number of nitrogens with two attached hydrogens (primary N) is 1. The summed E-state index contributed by atoms with van der Waals surface area (Å²) in [6.45, 7) is 3.34. The lowest BCUT2D eigenvalue weighted by molar-refractivity contribution is -0.0707. The van der Waals surface area contributed by atoms with Crippen LogP contribution in [0.3, 0.4) is 0 Å². The van der Waals surface area contributed by atoms with Crippen molar-refractivity contribution in [1.82, 2.24) is 19.5 Å². The van der Waals surface area contributed by atoms with Crippen LogP contribution in [0.4, 0.5) is 10.3 Å². The van der Waals surface area contributed by atoms with E-state index in [-0.39, 0.29) is 30.7 Å². The minimum absolute atomic E-state index is 0.0551. The molecular formula is C16H23FN5O6P. The zero-order valence-electron chi connectivity index (χ0n) is 16.3. The van der Waals surface area contributed by atoms with Crippen molar-refractivity contribution in [1.29, 1.82) is 0 Å². The summed E-state index contributed by atoms with van der Waals surface area (Å²) in [5, 5.41) is 0. The highest BCUT2D eigenvalue weighted by atomic mass is 31.2. The van der Waals surface area contributed by atoms with Gasteiger partial charge in [-0.2, -0.15) is 9.97 Å². The first-order valence-corrected chi connectivity index (χ1v) is 10.7. The zero-order chi connectivity index (χ0) is 20.8. The van der Waals surface area contributed by atoms with Crippen molar-refractivity contribution in [2.45, 2.75) is 50.8 Å². The number of nitrogens with zero attached hydrogens (tertiary/aromatic N) is 4. The van der Waals surface area contributed by atoms with Crippen molar-refractivity contribution >= 4 is 24.9 Å². The van der Waals surface area contributed by atoms with Gasteiger partial charge in [-0.1, -0.05) is 13.3 Å². The minimum Gasteiger partial charge on any atom is -0.479 e. The standard InChI is InChI=1S/C16H23FN5O6P/c1-4-5-6-25-29(23)26-7-9-11(28-29)16(2,17)14(27-9)22-8-19-10-12(22)20-15(18)21-13(10)24-3/h8-9,11,14H,4-7H2,1-3H3,(H2,18,20,21)/t9-,11-,14-,16-,29?/m1/s1. The molecule has 160 valence electrons. The number of anilines is 1. The van der Waals surface area contributed by atoms with Gasteiger partial charge in [-0.15, -0.1) is 0 Å². The normalized spacial score (nSPS) is 34.4. The lowest BCUT2D eigenvalue weighted by Crippen LogP contribution is -2.44. The molecule has 2 aliphatic rings. The SMILES string of the molecule is CCCCOP1(=O)OC[C@H]2O[C@@H](n3cnc4c(OC)nc(N)nc43)[C@](C)(F)[C@@H]2O1. The van der Waals surface area contributed by atoms with Crippen molar-refractivity contribution in [2.75, 3.05) is 26.1 Å². The molecular weight excluding hydrogens is 408 g/mol. The summed E-state index contributed by atoms with van der Waals surface area (Å²) in [6.07, 6.45) is -0.231. The van der Waals surface area contributed by atoms with Gasteiger partial charge in [0.1, 0.15) is 12.2 Å². The smallest absolute Gasteiger partial charge is 0.475 e. The van der Waals surface area contributed by atoms with E-state index in [1.807, 2.05) is 6.92 Å². The summed E-state index contributed by atoms with van der Waals surface area (Å²) < 4.78 is 57.0. The molecule has 13 heteroatoms. The van der Waals surface area contributed by atoms with Gasteiger partial charge < -0.3 is 15.2 Å². The Labute approximate surface area is 166 Å². The molecule has 11 nitrogen and oxygen atoms in total. The zero-order valence-corrected chi connectivity index (χ0v) is 17.2. The molecule has 0 amide bonds. The number of halogens is 1. The molecule has 0 aliphatic carbocycles. The van der Waals surface area contributed by atoms with Crippen LogP contribution in [-0.4, -0.2) is 57.7 Å². The van der Waals surface area contributed by atoms with Gasteiger partial charge in [0.15, 0.2) is 23.1 Å². The molecule has 2 aromatic rings. The van der Waals surface area contributed by atoms with Crippen molar-refractivity contribution in [3.63, 3.8) is 0 Å². The summed E-state index contributed by atoms with van der Waals surface area (Å²) in [5.41, 5.74) is 4.19. The Morgan fingerprint density at radius 3 is 3.00 bits per heavy atom. The molecule has 2 N–H and O–H groups in total. The van der Waals surface area contributed by atoms with Gasteiger partial charge in [-0.05, 0) is 13.3 Å². The fraction of sp³-hybridized carbons (Fsp3) is 0.688. The Kier molecular flexibility index (Phi) is 5.24. The molecule has 1 unspecified atom stereocenters. The third-order valence-corrected chi connectivity index (χ3v) is 6.37. The predicted octanol–water partition coefficient (Wildman–Crippen LogP) is 2.38. The van der Waals surface area contributed by atoms with Gasteiger partial charge >= 0.3 is 7.82 Å². The number of hydrogen-bond acceptors (Lipinski definition) is 10. The van der Waals surface area contributed by atoms with Crippen LogP contribution in [0.15, 0.2) is 6.33 Å². The third-order valence-electron chi connectivity index (χ3n) is 4.92. The molecule has 0 bridgehead atoms. The van der Waals surface area contributed by atoms with Crippen LogP contribution in [0.25, 0.3) is 11.2 Å². The van der Waals surface area contributed by atoms with Crippen LogP contribution in [0.5, 0.6) is 5.88 Å². The molecule has 2 saturated heterocycles. The van der Waals surface area contributed by atoms with Crippen LogP contribution < -0.4 is 10.5 Å². The minimum atomic E-state index is -3.88. The maximum Gasteiger partial charge on any atom is 0.475 e. The number of aromatic nitrogens is 4. The van der Waals surface area contributed by atoms with Crippen LogP contribution in [-0.2, 0) is 22.9 Å². The molecule has 2 fully saturated rings. The number of ether oxygens (including phenoxy) is 2. The maximum absolute atomic E-state index is 15.9. The van der Waals surface area contributed by atoms with Crippen molar-refractivity contribution < 1.29 is 32.0 Å². The van der Waals surface area contributed by atoms with E-state index in [1.165, 1.54) is 24.9 Å². The van der Waals surface area contributed by atoms with Gasteiger partial charge in [0.2, 0.25) is 11.8 Å². The summed E-state index contributed by atoms with van der Waals surface area (Å²) in [6, 6.07) is 0. The summed E-state index contributed by atoms with van der Waals surface area (Å²) >= 11 is 0. The second-order valence-corrected chi connectivity index (χ2v) is 8.67. The summed E-state index contributed by atoms with van der Waals surface area (Å²) in [7, 11) is -2.46. The molecule has 2 aliphatic heterocycles.